The zero-order valence-corrected chi connectivity index (χ0v) is 15.2. The molecule has 6 heteroatoms. The van der Waals surface area contributed by atoms with E-state index >= 15 is 0 Å². The molecule has 1 amide bonds. The minimum Gasteiger partial charge on any atom is -0.503 e. The van der Waals surface area contributed by atoms with Crippen molar-refractivity contribution in [3.63, 3.8) is 0 Å². The monoisotopic (exact) mass is 360 g/mol. The second kappa shape index (κ2) is 7.58. The Hall–Kier alpha value is -2.21. The highest BCUT2D eigenvalue weighted by atomic mass is 19.1. The summed E-state index contributed by atoms with van der Waals surface area (Å²) in [4.78, 5) is 29.1. The van der Waals surface area contributed by atoms with Gasteiger partial charge in [0.1, 0.15) is 5.82 Å². The summed E-state index contributed by atoms with van der Waals surface area (Å²) in [6.45, 7) is 6.49. The summed E-state index contributed by atoms with van der Waals surface area (Å²) in [5.41, 5.74) is 0.588. The van der Waals surface area contributed by atoms with Gasteiger partial charge in [0.15, 0.2) is 11.5 Å². The third-order valence-corrected chi connectivity index (χ3v) is 5.11. The van der Waals surface area contributed by atoms with Crippen LogP contribution in [-0.4, -0.2) is 52.8 Å². The first kappa shape index (κ1) is 18.6. The van der Waals surface area contributed by atoms with Crippen molar-refractivity contribution in [1.82, 2.24) is 9.80 Å². The summed E-state index contributed by atoms with van der Waals surface area (Å²) in [6.07, 6.45) is 2.28. The number of benzene rings is 1. The van der Waals surface area contributed by atoms with Crippen LogP contribution < -0.4 is 0 Å². The predicted octanol–water partition coefficient (Wildman–Crippen LogP) is 2.84. The van der Waals surface area contributed by atoms with Gasteiger partial charge in [0.25, 0.3) is 5.91 Å². The number of hydrogen-bond donors (Lipinski definition) is 1. The van der Waals surface area contributed by atoms with Crippen LogP contribution in [0, 0.1) is 11.7 Å². The number of nitrogens with zero attached hydrogens (tertiary/aromatic N) is 2. The van der Waals surface area contributed by atoms with Gasteiger partial charge in [0, 0.05) is 19.0 Å². The third-order valence-electron chi connectivity index (χ3n) is 5.11. The van der Waals surface area contributed by atoms with Crippen molar-refractivity contribution >= 4 is 11.7 Å². The number of Topliss-reactive ketones (excluding diaryl/α,β-unsaturated/α-hetero) is 1. The number of likely N-dealkylation sites (tertiary alicyclic amines) is 1. The smallest absolute Gasteiger partial charge is 0.290 e. The summed E-state index contributed by atoms with van der Waals surface area (Å²) >= 11 is 0. The minimum absolute atomic E-state index is 0.0806. The Labute approximate surface area is 153 Å². The maximum absolute atomic E-state index is 13.8. The van der Waals surface area contributed by atoms with Crippen LogP contribution in [0.15, 0.2) is 35.6 Å². The lowest BCUT2D eigenvalue weighted by atomic mass is 9.91. The van der Waals surface area contributed by atoms with E-state index in [2.05, 4.69) is 4.90 Å². The zero-order chi connectivity index (χ0) is 18.8. The summed E-state index contributed by atoms with van der Waals surface area (Å²) in [6, 6.07) is 5.15. The Balaban J connectivity index is 1.94. The number of carbonyl (C=O) groups excluding carboxylic acids is 2. The molecule has 2 aliphatic rings. The van der Waals surface area contributed by atoms with E-state index in [0.717, 1.165) is 25.9 Å². The number of hydrogen-bond acceptors (Lipinski definition) is 4. The molecule has 1 aromatic carbocycles. The van der Waals surface area contributed by atoms with Crippen LogP contribution in [0.1, 0.15) is 38.3 Å². The molecule has 1 unspecified atom stereocenters. The van der Waals surface area contributed by atoms with E-state index in [1.807, 2.05) is 0 Å². The molecular formula is C20H25FN2O3. The van der Waals surface area contributed by atoms with Crippen LogP contribution in [0.5, 0.6) is 0 Å². The van der Waals surface area contributed by atoms with Crippen molar-refractivity contribution in [3.05, 3.63) is 47.0 Å². The Bertz CT molecular complexity index is 738. The first-order valence-electron chi connectivity index (χ1n) is 9.16. The molecule has 140 valence electrons. The van der Waals surface area contributed by atoms with Gasteiger partial charge in [-0.2, -0.15) is 0 Å². The van der Waals surface area contributed by atoms with E-state index in [1.54, 1.807) is 26.0 Å². The average Bonchev–Trinajstić information content (AvgIpc) is 3.20. The van der Waals surface area contributed by atoms with Crippen LogP contribution in [0.4, 0.5) is 4.39 Å². The van der Waals surface area contributed by atoms with Crippen LogP contribution in [0.25, 0.3) is 0 Å². The molecule has 0 spiro atoms. The van der Waals surface area contributed by atoms with E-state index in [4.69, 9.17) is 0 Å². The van der Waals surface area contributed by atoms with Crippen molar-refractivity contribution < 1.29 is 19.1 Å². The van der Waals surface area contributed by atoms with Crippen molar-refractivity contribution in [2.24, 2.45) is 5.92 Å². The maximum atomic E-state index is 13.8. The first-order chi connectivity index (χ1) is 12.4. The standard InChI is InChI=1S/C20H25FN2O3/c1-13(2)18(24)16-17(14-6-5-7-15(21)12-14)23(20(26)19(16)25)11-10-22-8-3-4-9-22/h5-7,12-13,17,25H,3-4,8-11H2,1-2H3. The summed E-state index contributed by atoms with van der Waals surface area (Å²) < 4.78 is 13.8. The summed E-state index contributed by atoms with van der Waals surface area (Å²) in [5.74, 6) is -2.14. The molecule has 0 bridgehead atoms. The van der Waals surface area contributed by atoms with Crippen molar-refractivity contribution in [1.29, 1.82) is 0 Å². The largest absolute Gasteiger partial charge is 0.503 e. The number of aliphatic hydroxyl groups is 1. The van der Waals surface area contributed by atoms with Crippen molar-refractivity contribution in [3.8, 4) is 0 Å². The molecule has 0 saturated carbocycles. The topological polar surface area (TPSA) is 60.9 Å². The normalized spacial score (nSPS) is 21.3. The second-order valence-electron chi connectivity index (χ2n) is 7.29. The molecule has 1 saturated heterocycles. The third kappa shape index (κ3) is 3.51. The highest BCUT2D eigenvalue weighted by molar-refractivity contribution is 6.09. The Morgan fingerprint density at radius 3 is 2.58 bits per heavy atom. The molecule has 2 heterocycles. The molecular weight excluding hydrogens is 335 g/mol. The van der Waals surface area contributed by atoms with Crippen LogP contribution >= 0.6 is 0 Å². The maximum Gasteiger partial charge on any atom is 0.290 e. The summed E-state index contributed by atoms with van der Waals surface area (Å²) in [5, 5.41) is 10.4. The number of amides is 1. The molecule has 3 rings (SSSR count). The van der Waals surface area contributed by atoms with E-state index in [-0.39, 0.29) is 17.3 Å². The molecule has 0 aromatic heterocycles. The van der Waals surface area contributed by atoms with E-state index in [9.17, 15) is 19.1 Å². The van der Waals surface area contributed by atoms with Gasteiger partial charge >= 0.3 is 0 Å². The average molecular weight is 360 g/mol. The fourth-order valence-electron chi connectivity index (χ4n) is 3.73. The summed E-state index contributed by atoms with van der Waals surface area (Å²) in [7, 11) is 0. The molecule has 0 aliphatic carbocycles. The predicted molar refractivity (Wildman–Crippen MR) is 96.0 cm³/mol. The SMILES string of the molecule is CC(C)C(=O)C1=C(O)C(=O)N(CCN2CCCC2)C1c1cccc(F)c1. The van der Waals surface area contributed by atoms with Crippen LogP contribution in [-0.2, 0) is 9.59 Å². The van der Waals surface area contributed by atoms with E-state index in [1.165, 1.54) is 17.0 Å². The molecule has 1 N–H and O–H groups in total. The van der Waals surface area contributed by atoms with Gasteiger partial charge in [-0.1, -0.05) is 26.0 Å². The number of halogens is 1. The Morgan fingerprint density at radius 2 is 1.96 bits per heavy atom. The lowest BCUT2D eigenvalue weighted by Crippen LogP contribution is -2.38. The quantitative estimate of drug-likeness (QED) is 0.847. The van der Waals surface area contributed by atoms with Crippen molar-refractivity contribution in [2.45, 2.75) is 32.7 Å². The van der Waals surface area contributed by atoms with Gasteiger partial charge < -0.3 is 14.9 Å². The highest BCUT2D eigenvalue weighted by Crippen LogP contribution is 2.38. The first-order valence-corrected chi connectivity index (χ1v) is 9.16. The minimum atomic E-state index is -0.740. The van der Waals surface area contributed by atoms with Crippen LogP contribution in [0.3, 0.4) is 0 Å². The van der Waals surface area contributed by atoms with Gasteiger partial charge in [-0.05, 0) is 43.6 Å². The molecule has 0 radical (unpaired) electrons. The number of carbonyl (C=O) groups is 2. The molecule has 26 heavy (non-hydrogen) atoms. The number of aliphatic hydroxyl groups excluding tert-OH is 1. The molecule has 1 fully saturated rings. The molecule has 2 aliphatic heterocycles. The molecule has 1 atom stereocenters. The van der Waals surface area contributed by atoms with Crippen LogP contribution in [0.2, 0.25) is 0 Å². The lowest BCUT2D eigenvalue weighted by Gasteiger charge is -2.29. The fourth-order valence-corrected chi connectivity index (χ4v) is 3.73. The van der Waals surface area contributed by atoms with Gasteiger partial charge in [-0.15, -0.1) is 0 Å². The number of ketones is 1. The van der Waals surface area contributed by atoms with Gasteiger partial charge in [0.2, 0.25) is 0 Å². The second-order valence-corrected chi connectivity index (χ2v) is 7.29. The van der Waals surface area contributed by atoms with Gasteiger partial charge in [-0.25, -0.2) is 4.39 Å². The van der Waals surface area contributed by atoms with Crippen molar-refractivity contribution in [2.75, 3.05) is 26.2 Å². The fraction of sp³-hybridized carbons (Fsp3) is 0.500. The Morgan fingerprint density at radius 1 is 1.27 bits per heavy atom. The number of rotatable bonds is 6. The van der Waals surface area contributed by atoms with E-state index < -0.39 is 23.5 Å². The molecule has 1 aromatic rings. The zero-order valence-electron chi connectivity index (χ0n) is 15.2. The van der Waals surface area contributed by atoms with Gasteiger partial charge in [0.05, 0.1) is 11.6 Å². The highest BCUT2D eigenvalue weighted by Gasteiger charge is 2.43. The lowest BCUT2D eigenvalue weighted by molar-refractivity contribution is -0.129. The molecule has 5 nitrogen and oxygen atoms in total. The van der Waals surface area contributed by atoms with Gasteiger partial charge in [-0.3, -0.25) is 9.59 Å². The van der Waals surface area contributed by atoms with E-state index in [0.29, 0.717) is 18.7 Å². The Kier molecular flexibility index (Phi) is 5.41.